The average molecular weight is 313 g/mol. The lowest BCUT2D eigenvalue weighted by molar-refractivity contribution is 0.282. The number of rotatable bonds is 1. The van der Waals surface area contributed by atoms with Gasteiger partial charge in [0.15, 0.2) is 0 Å². The highest BCUT2D eigenvalue weighted by Gasteiger charge is 2.25. The Kier molecular flexibility index (Phi) is 3.38. The van der Waals surface area contributed by atoms with Crippen molar-refractivity contribution in [3.8, 4) is 16.9 Å². The Morgan fingerprint density at radius 1 is 1.11 bits per heavy atom. The molecule has 3 rings (SSSR count). The van der Waals surface area contributed by atoms with Gasteiger partial charge >= 0.3 is 0 Å². The van der Waals surface area contributed by atoms with Crippen molar-refractivity contribution in [1.82, 2.24) is 0 Å². The molecule has 0 bridgehead atoms. The van der Waals surface area contributed by atoms with E-state index in [4.69, 9.17) is 39.5 Å². The van der Waals surface area contributed by atoms with Gasteiger partial charge in [-0.2, -0.15) is 0 Å². The highest BCUT2D eigenvalue weighted by atomic mass is 35.5. The molecule has 1 aliphatic heterocycles. The second-order valence-electron chi connectivity index (χ2n) is 4.48. The molecule has 1 unspecified atom stereocenters. The van der Waals surface area contributed by atoms with Crippen LogP contribution < -0.4 is 4.74 Å². The summed E-state index contributed by atoms with van der Waals surface area (Å²) in [4.78, 5) is 0. The van der Waals surface area contributed by atoms with Gasteiger partial charge in [0.25, 0.3) is 0 Å². The van der Waals surface area contributed by atoms with Crippen LogP contribution in [-0.4, -0.2) is 6.10 Å². The maximum atomic E-state index is 6.26. The van der Waals surface area contributed by atoms with Crippen molar-refractivity contribution in [1.29, 1.82) is 0 Å². The first-order valence-electron chi connectivity index (χ1n) is 5.83. The lowest BCUT2D eigenvalue weighted by Crippen LogP contribution is -2.06. The molecule has 0 spiro atoms. The topological polar surface area (TPSA) is 9.23 Å². The van der Waals surface area contributed by atoms with Crippen LogP contribution in [0.25, 0.3) is 11.1 Å². The van der Waals surface area contributed by atoms with Crippen molar-refractivity contribution in [3.63, 3.8) is 0 Å². The molecule has 0 saturated carbocycles. The molecule has 19 heavy (non-hydrogen) atoms. The number of hydrogen-bond donors (Lipinski definition) is 0. The second kappa shape index (κ2) is 4.90. The van der Waals surface area contributed by atoms with Gasteiger partial charge in [0.2, 0.25) is 0 Å². The second-order valence-corrected chi connectivity index (χ2v) is 5.73. The van der Waals surface area contributed by atoms with Crippen LogP contribution in [0, 0.1) is 6.92 Å². The van der Waals surface area contributed by atoms with Crippen molar-refractivity contribution in [2.75, 3.05) is 0 Å². The largest absolute Gasteiger partial charge is 0.489 e. The molecule has 0 N–H and O–H groups in total. The molecule has 0 amide bonds. The number of ether oxygens (including phenoxy) is 1. The summed E-state index contributed by atoms with van der Waals surface area (Å²) in [6.07, 6.45) is 0.638. The first-order chi connectivity index (χ1) is 9.06. The van der Waals surface area contributed by atoms with E-state index in [0.717, 1.165) is 28.9 Å². The Morgan fingerprint density at radius 3 is 2.47 bits per heavy atom. The average Bonchev–Trinajstić information content (AvgIpc) is 2.69. The normalized spacial score (nSPS) is 17.2. The monoisotopic (exact) mass is 311 g/mol. The zero-order chi connectivity index (χ0) is 13.6. The summed E-state index contributed by atoms with van der Waals surface area (Å²) >= 11 is 18.7. The number of benzene rings is 2. The Morgan fingerprint density at radius 2 is 1.79 bits per heavy atom. The van der Waals surface area contributed by atoms with Crippen molar-refractivity contribution < 1.29 is 4.74 Å². The molecule has 2 aromatic carbocycles. The van der Waals surface area contributed by atoms with Gasteiger partial charge in [-0.05, 0) is 36.8 Å². The van der Waals surface area contributed by atoms with E-state index < -0.39 is 0 Å². The van der Waals surface area contributed by atoms with E-state index >= 15 is 0 Å². The Hall–Kier alpha value is -0.890. The van der Waals surface area contributed by atoms with Gasteiger partial charge < -0.3 is 4.74 Å². The summed E-state index contributed by atoms with van der Waals surface area (Å²) in [6.45, 7) is 3.93. The van der Waals surface area contributed by atoms with Gasteiger partial charge in [-0.15, -0.1) is 0 Å². The Balaban J connectivity index is 2.27. The van der Waals surface area contributed by atoms with Crippen molar-refractivity contribution in [2.45, 2.75) is 12.5 Å². The summed E-state index contributed by atoms with van der Waals surface area (Å²) in [5, 5.41) is 1.79. The third kappa shape index (κ3) is 2.31. The van der Waals surface area contributed by atoms with Crippen molar-refractivity contribution >= 4 is 34.8 Å². The summed E-state index contributed by atoms with van der Waals surface area (Å²) in [5.74, 6) is 0.777. The zero-order valence-corrected chi connectivity index (χ0v) is 12.2. The molecule has 2 aromatic rings. The maximum absolute atomic E-state index is 6.26. The van der Waals surface area contributed by atoms with E-state index in [9.17, 15) is 0 Å². The predicted octanol–water partition coefficient (Wildman–Crippen LogP) is 5.45. The zero-order valence-electron chi connectivity index (χ0n) is 9.92. The van der Waals surface area contributed by atoms with Crippen molar-refractivity contribution in [2.24, 2.45) is 0 Å². The summed E-state index contributed by atoms with van der Waals surface area (Å²) < 4.78 is 5.77. The minimum atomic E-state index is -0.103. The van der Waals surface area contributed by atoms with Crippen LogP contribution in [0.4, 0.5) is 0 Å². The molecule has 0 aromatic heterocycles. The molecular formula is C15H10Cl3O. The fraction of sp³-hybridized carbons (Fsp3) is 0.133. The Labute approximate surface area is 127 Å². The quantitative estimate of drug-likeness (QED) is 0.680. The van der Waals surface area contributed by atoms with E-state index in [-0.39, 0.29) is 6.10 Å². The lowest BCUT2D eigenvalue weighted by Gasteiger charge is -2.13. The van der Waals surface area contributed by atoms with Crippen LogP contribution in [0.3, 0.4) is 0 Å². The summed E-state index contributed by atoms with van der Waals surface area (Å²) in [7, 11) is 0. The van der Waals surface area contributed by atoms with Crippen molar-refractivity contribution in [3.05, 3.63) is 57.9 Å². The van der Waals surface area contributed by atoms with Gasteiger partial charge in [0, 0.05) is 22.6 Å². The summed E-state index contributed by atoms with van der Waals surface area (Å²) in [5.41, 5.74) is 2.61. The molecule has 4 heteroatoms. The highest BCUT2D eigenvalue weighted by molar-refractivity contribution is 6.39. The molecular weight excluding hydrogens is 303 g/mol. The van der Waals surface area contributed by atoms with E-state index in [1.54, 1.807) is 12.1 Å². The van der Waals surface area contributed by atoms with E-state index in [1.807, 2.05) is 18.2 Å². The van der Waals surface area contributed by atoms with Gasteiger partial charge in [0.05, 0.1) is 10.0 Å². The van der Waals surface area contributed by atoms with E-state index in [2.05, 4.69) is 6.92 Å². The third-order valence-corrected chi connectivity index (χ3v) is 3.94. The highest BCUT2D eigenvalue weighted by Crippen LogP contribution is 2.45. The van der Waals surface area contributed by atoms with E-state index in [1.165, 1.54) is 0 Å². The molecule has 1 nitrogen and oxygen atoms in total. The van der Waals surface area contributed by atoms with Gasteiger partial charge in [0.1, 0.15) is 11.9 Å². The molecule has 0 aliphatic carbocycles. The standard InChI is InChI=1S/C15H10Cl3O/c1-8-5-9-6-10(16)7-11(15(9)19-8)14-12(17)3-2-4-13(14)18/h2-4,6-8H,1,5H2. The van der Waals surface area contributed by atoms with Gasteiger partial charge in [-0.25, -0.2) is 0 Å². The molecule has 1 heterocycles. The molecule has 0 saturated heterocycles. The minimum Gasteiger partial charge on any atom is -0.489 e. The molecule has 1 radical (unpaired) electrons. The van der Waals surface area contributed by atoms with Crippen LogP contribution in [0.15, 0.2) is 30.3 Å². The SMILES string of the molecule is [CH2]C1Cc2cc(Cl)cc(-c3c(Cl)cccc3Cl)c2O1. The first kappa shape index (κ1) is 13.1. The van der Waals surface area contributed by atoms with Crippen LogP contribution in [0.1, 0.15) is 5.56 Å². The van der Waals surface area contributed by atoms with Gasteiger partial charge in [-0.3, -0.25) is 0 Å². The first-order valence-corrected chi connectivity index (χ1v) is 6.96. The molecule has 97 valence electrons. The fourth-order valence-electron chi connectivity index (χ4n) is 2.34. The summed E-state index contributed by atoms with van der Waals surface area (Å²) in [6, 6.07) is 9.13. The number of fused-ring (bicyclic) bond motifs is 1. The molecule has 1 atom stereocenters. The van der Waals surface area contributed by atoms with Gasteiger partial charge in [-0.1, -0.05) is 40.9 Å². The number of halogens is 3. The van der Waals surface area contributed by atoms with Crippen LogP contribution >= 0.6 is 34.8 Å². The molecule has 1 aliphatic rings. The van der Waals surface area contributed by atoms with E-state index in [0.29, 0.717) is 15.1 Å². The smallest absolute Gasteiger partial charge is 0.131 e. The fourth-order valence-corrected chi connectivity index (χ4v) is 3.18. The predicted molar refractivity (Wildman–Crippen MR) is 80.4 cm³/mol. The minimum absolute atomic E-state index is 0.103. The number of hydrogen-bond acceptors (Lipinski definition) is 1. The van der Waals surface area contributed by atoms with Crippen LogP contribution in [-0.2, 0) is 6.42 Å². The lowest BCUT2D eigenvalue weighted by atomic mass is 10.0. The Bertz CT molecular complexity index is 632. The third-order valence-electron chi connectivity index (χ3n) is 3.09. The van der Waals surface area contributed by atoms with Crippen LogP contribution in [0.5, 0.6) is 5.75 Å². The maximum Gasteiger partial charge on any atom is 0.131 e. The molecule has 0 fully saturated rings. The van der Waals surface area contributed by atoms with Crippen LogP contribution in [0.2, 0.25) is 15.1 Å².